The predicted octanol–water partition coefficient (Wildman–Crippen LogP) is 4.93. The summed E-state index contributed by atoms with van der Waals surface area (Å²) in [6.45, 7) is 10.0. The number of nitro groups is 1. The van der Waals surface area contributed by atoms with Crippen molar-refractivity contribution in [3.63, 3.8) is 0 Å². The van der Waals surface area contributed by atoms with E-state index in [9.17, 15) is 10.1 Å². The second kappa shape index (κ2) is 7.41. The van der Waals surface area contributed by atoms with Crippen LogP contribution in [0.5, 0.6) is 5.75 Å². The number of aromatic nitrogens is 2. The highest BCUT2D eigenvalue weighted by Gasteiger charge is 2.51. The molecular weight excluding hydrogens is 382 g/mol. The van der Waals surface area contributed by atoms with Crippen molar-refractivity contribution in [3.8, 4) is 5.75 Å². The summed E-state index contributed by atoms with van der Waals surface area (Å²) in [6.07, 6.45) is 4.55. The molecule has 1 aliphatic heterocycles. The number of nitrogens with one attached hydrogen (secondary N) is 1. The van der Waals surface area contributed by atoms with Crippen LogP contribution in [0.3, 0.4) is 0 Å². The molecule has 2 aliphatic rings. The molecule has 1 saturated heterocycles. The molecule has 160 valence electrons. The first-order chi connectivity index (χ1) is 14.2. The van der Waals surface area contributed by atoms with Gasteiger partial charge in [-0.1, -0.05) is 32.9 Å². The molecule has 0 amide bonds. The molecule has 1 aromatic heterocycles. The smallest absolute Gasteiger partial charge is 0.353 e. The lowest BCUT2D eigenvalue weighted by atomic mass is 9.65. The largest absolute Gasteiger partial charge is 0.492 e. The lowest BCUT2D eigenvalue weighted by Gasteiger charge is -2.39. The number of para-hydroxylation sites is 2. The number of hydrogen-bond donors (Lipinski definition) is 1. The van der Waals surface area contributed by atoms with Gasteiger partial charge in [0.2, 0.25) is 11.6 Å². The van der Waals surface area contributed by atoms with Crippen LogP contribution < -0.4 is 15.0 Å². The molecule has 2 heterocycles. The van der Waals surface area contributed by atoms with E-state index < -0.39 is 0 Å². The summed E-state index contributed by atoms with van der Waals surface area (Å²) in [7, 11) is 0. The first kappa shape index (κ1) is 20.4. The normalized spacial score (nSPS) is 24.5. The fourth-order valence-corrected chi connectivity index (χ4v) is 5.53. The highest BCUT2D eigenvalue weighted by Crippen LogP contribution is 2.54. The molecule has 8 heteroatoms. The molecule has 8 nitrogen and oxygen atoms in total. The lowest BCUT2D eigenvalue weighted by Crippen LogP contribution is -2.35. The van der Waals surface area contributed by atoms with Crippen molar-refractivity contribution >= 4 is 23.0 Å². The Bertz CT molecular complexity index is 964. The minimum atomic E-state index is -0.378. The van der Waals surface area contributed by atoms with Crippen LogP contribution in [0.1, 0.15) is 47.0 Å². The Morgan fingerprint density at radius 2 is 2.03 bits per heavy atom. The molecule has 2 aromatic rings. The zero-order valence-corrected chi connectivity index (χ0v) is 18.0. The summed E-state index contributed by atoms with van der Waals surface area (Å²) in [4.78, 5) is 22.5. The SMILES string of the molecule is CCOc1ccccc1Nc1ncnc(N2CC3(C)CC2CC(C)(C)C3)c1[N+](=O)[O-]. The van der Waals surface area contributed by atoms with Crippen molar-refractivity contribution in [2.24, 2.45) is 10.8 Å². The first-order valence-electron chi connectivity index (χ1n) is 10.5. The molecule has 1 saturated carbocycles. The minimum Gasteiger partial charge on any atom is -0.492 e. The molecule has 1 N–H and O–H groups in total. The second-order valence-corrected chi connectivity index (χ2v) is 9.55. The van der Waals surface area contributed by atoms with Gasteiger partial charge in [0, 0.05) is 12.6 Å². The standard InChI is InChI=1S/C22H29N5O3/c1-5-30-17-9-7-6-8-16(17)25-19-18(27(28)29)20(24-14-23-19)26-13-22(4)11-15(26)10-21(2,3)12-22/h6-9,14-15H,5,10-13H2,1-4H3,(H,23,24,25). The van der Waals surface area contributed by atoms with Gasteiger partial charge in [0.15, 0.2) is 0 Å². The van der Waals surface area contributed by atoms with Gasteiger partial charge >= 0.3 is 5.69 Å². The third-order valence-corrected chi connectivity index (χ3v) is 6.11. The van der Waals surface area contributed by atoms with Crippen LogP contribution in [0.15, 0.2) is 30.6 Å². The zero-order valence-electron chi connectivity index (χ0n) is 18.0. The van der Waals surface area contributed by atoms with Crippen LogP contribution in [-0.2, 0) is 0 Å². The predicted molar refractivity (Wildman–Crippen MR) is 116 cm³/mol. The van der Waals surface area contributed by atoms with E-state index in [1.54, 1.807) is 0 Å². The van der Waals surface area contributed by atoms with E-state index in [-0.39, 0.29) is 33.3 Å². The van der Waals surface area contributed by atoms with Gasteiger partial charge in [0.25, 0.3) is 0 Å². The minimum absolute atomic E-state index is 0.0854. The second-order valence-electron chi connectivity index (χ2n) is 9.55. The number of rotatable bonds is 6. The van der Waals surface area contributed by atoms with Crippen LogP contribution in [0.2, 0.25) is 0 Å². The van der Waals surface area contributed by atoms with E-state index in [0.717, 1.165) is 25.8 Å². The average Bonchev–Trinajstić information content (AvgIpc) is 2.91. The molecule has 1 aromatic carbocycles. The van der Waals surface area contributed by atoms with Crippen LogP contribution >= 0.6 is 0 Å². The number of fused-ring (bicyclic) bond motifs is 2. The van der Waals surface area contributed by atoms with E-state index in [4.69, 9.17) is 4.74 Å². The molecule has 2 bridgehead atoms. The van der Waals surface area contributed by atoms with Crippen molar-refractivity contribution < 1.29 is 9.66 Å². The van der Waals surface area contributed by atoms with Crippen molar-refractivity contribution in [1.29, 1.82) is 0 Å². The molecule has 2 fully saturated rings. The molecule has 0 radical (unpaired) electrons. The van der Waals surface area contributed by atoms with Crippen LogP contribution in [0.4, 0.5) is 23.0 Å². The Balaban J connectivity index is 1.73. The number of hydrogen-bond acceptors (Lipinski definition) is 7. The van der Waals surface area contributed by atoms with Gasteiger partial charge in [-0.15, -0.1) is 0 Å². The van der Waals surface area contributed by atoms with Crippen molar-refractivity contribution in [1.82, 2.24) is 9.97 Å². The van der Waals surface area contributed by atoms with Crippen molar-refractivity contribution in [2.45, 2.75) is 53.0 Å². The fraction of sp³-hybridized carbons (Fsp3) is 0.545. The Labute approximate surface area is 176 Å². The van der Waals surface area contributed by atoms with Gasteiger partial charge in [-0.25, -0.2) is 9.97 Å². The van der Waals surface area contributed by atoms with Crippen LogP contribution in [-0.4, -0.2) is 34.1 Å². The molecular formula is C22H29N5O3. The quantitative estimate of drug-likeness (QED) is 0.532. The maximum atomic E-state index is 12.1. The van der Waals surface area contributed by atoms with Crippen molar-refractivity contribution in [2.75, 3.05) is 23.4 Å². The van der Waals surface area contributed by atoms with Gasteiger partial charge in [-0.2, -0.15) is 0 Å². The summed E-state index contributed by atoms with van der Waals surface area (Å²) in [5, 5.41) is 15.2. The third kappa shape index (κ3) is 3.78. The maximum Gasteiger partial charge on any atom is 0.353 e. The fourth-order valence-electron chi connectivity index (χ4n) is 5.53. The molecule has 30 heavy (non-hydrogen) atoms. The molecule has 0 spiro atoms. The van der Waals surface area contributed by atoms with Gasteiger partial charge in [-0.05, 0) is 49.1 Å². The summed E-state index contributed by atoms with van der Waals surface area (Å²) in [6, 6.07) is 7.61. The maximum absolute atomic E-state index is 12.1. The Morgan fingerprint density at radius 3 is 2.77 bits per heavy atom. The Hall–Kier alpha value is -2.90. The molecule has 4 rings (SSSR count). The Kier molecular flexibility index (Phi) is 5.03. The number of ether oxygens (including phenoxy) is 1. The van der Waals surface area contributed by atoms with Crippen molar-refractivity contribution in [3.05, 3.63) is 40.7 Å². The van der Waals surface area contributed by atoms with Crippen LogP contribution in [0.25, 0.3) is 0 Å². The summed E-state index contributed by atoms with van der Waals surface area (Å²) in [5.41, 5.74) is 0.907. The lowest BCUT2D eigenvalue weighted by molar-refractivity contribution is -0.383. The van der Waals surface area contributed by atoms with E-state index in [2.05, 4.69) is 41.0 Å². The zero-order chi connectivity index (χ0) is 21.5. The Morgan fingerprint density at radius 1 is 1.27 bits per heavy atom. The van der Waals surface area contributed by atoms with Gasteiger partial charge in [-0.3, -0.25) is 10.1 Å². The molecule has 1 aliphatic carbocycles. The average molecular weight is 412 g/mol. The third-order valence-electron chi connectivity index (χ3n) is 6.11. The summed E-state index contributed by atoms with van der Waals surface area (Å²) >= 11 is 0. The highest BCUT2D eigenvalue weighted by molar-refractivity contribution is 5.76. The van der Waals surface area contributed by atoms with Gasteiger partial charge in [0.05, 0.1) is 17.2 Å². The van der Waals surface area contributed by atoms with Gasteiger partial charge < -0.3 is 15.0 Å². The monoisotopic (exact) mass is 411 g/mol. The highest BCUT2D eigenvalue weighted by atomic mass is 16.6. The van der Waals surface area contributed by atoms with E-state index >= 15 is 0 Å². The topological polar surface area (TPSA) is 93.4 Å². The first-order valence-corrected chi connectivity index (χ1v) is 10.5. The van der Waals surface area contributed by atoms with E-state index in [1.165, 1.54) is 6.33 Å². The van der Waals surface area contributed by atoms with E-state index in [0.29, 0.717) is 23.9 Å². The van der Waals surface area contributed by atoms with Gasteiger partial charge in [0.1, 0.15) is 12.1 Å². The number of benzene rings is 1. The van der Waals surface area contributed by atoms with Crippen LogP contribution in [0, 0.1) is 20.9 Å². The number of anilines is 3. The molecule has 2 unspecified atom stereocenters. The molecule has 2 atom stereocenters. The summed E-state index contributed by atoms with van der Waals surface area (Å²) < 4.78 is 5.65. The summed E-state index contributed by atoms with van der Waals surface area (Å²) in [5.74, 6) is 1.21. The number of nitrogens with zero attached hydrogens (tertiary/aromatic N) is 4. The van der Waals surface area contributed by atoms with E-state index in [1.807, 2.05) is 31.2 Å².